The van der Waals surface area contributed by atoms with Gasteiger partial charge in [-0.1, -0.05) is 0 Å². The van der Waals surface area contributed by atoms with Crippen LogP contribution in [0, 0.1) is 0 Å². The Hall–Kier alpha value is -1.27. The van der Waals surface area contributed by atoms with E-state index in [1.165, 1.54) is 18.2 Å². The molecular weight excluding hydrogens is 278 g/mol. The van der Waals surface area contributed by atoms with Crippen LogP contribution < -0.4 is 10.1 Å². The predicted molar refractivity (Wildman–Crippen MR) is 66.4 cm³/mol. The van der Waals surface area contributed by atoms with E-state index in [4.69, 9.17) is 15.4 Å². The molecule has 1 aliphatic heterocycles. The number of ether oxygens (including phenoxy) is 1. The molecule has 0 fully saturated rings. The number of hydrogen-bond donors (Lipinski definition) is 1. The van der Waals surface area contributed by atoms with Crippen molar-refractivity contribution in [3.05, 3.63) is 23.8 Å². The first-order chi connectivity index (χ1) is 8.43. The third-order valence-electron chi connectivity index (χ3n) is 2.71. The number of carbonyl (C=O) groups is 1. The highest BCUT2D eigenvalue weighted by molar-refractivity contribution is 8.13. The van der Waals surface area contributed by atoms with Crippen molar-refractivity contribution < 1.29 is 17.9 Å². The molecule has 1 aliphatic rings. The molecule has 18 heavy (non-hydrogen) atoms. The first-order valence-corrected chi connectivity index (χ1v) is 7.73. The summed E-state index contributed by atoms with van der Waals surface area (Å²) in [5.74, 6) is -0.144. The summed E-state index contributed by atoms with van der Waals surface area (Å²) in [5.41, 5.74) is 0.558. The van der Waals surface area contributed by atoms with Crippen molar-refractivity contribution >= 4 is 25.6 Å². The molecule has 1 unspecified atom stereocenters. The zero-order valence-electron chi connectivity index (χ0n) is 9.64. The minimum atomic E-state index is -3.80. The number of rotatable bonds is 3. The molecule has 0 saturated heterocycles. The Bertz CT molecular complexity index is 585. The normalized spacial score (nSPS) is 18.0. The molecule has 0 bridgehead atoms. The van der Waals surface area contributed by atoms with Gasteiger partial charge in [0.1, 0.15) is 18.3 Å². The molecule has 0 spiro atoms. The Morgan fingerprint density at radius 1 is 1.56 bits per heavy atom. The van der Waals surface area contributed by atoms with Crippen molar-refractivity contribution in [1.82, 2.24) is 5.32 Å². The lowest BCUT2D eigenvalue weighted by atomic mass is 10.0. The molecular formula is C11H12ClNO4S. The first kappa shape index (κ1) is 13.2. The molecule has 7 heteroatoms. The third kappa shape index (κ3) is 2.44. The van der Waals surface area contributed by atoms with Crippen molar-refractivity contribution in [2.75, 3.05) is 13.2 Å². The van der Waals surface area contributed by atoms with Crippen LogP contribution in [-0.4, -0.2) is 27.5 Å². The largest absolute Gasteiger partial charge is 0.492 e. The van der Waals surface area contributed by atoms with Crippen LogP contribution in [0.25, 0.3) is 0 Å². The van der Waals surface area contributed by atoms with Crippen molar-refractivity contribution in [3.63, 3.8) is 0 Å². The Morgan fingerprint density at radius 2 is 2.28 bits per heavy atom. The van der Waals surface area contributed by atoms with Crippen LogP contribution in [0.3, 0.4) is 0 Å². The fraction of sp³-hybridized carbons (Fsp3) is 0.364. The van der Waals surface area contributed by atoms with Crippen LogP contribution >= 0.6 is 10.7 Å². The molecule has 0 aromatic heterocycles. The predicted octanol–water partition coefficient (Wildman–Crippen LogP) is 1.23. The SMILES string of the molecule is CCNC(=O)C1COc2ccc(S(=O)(=O)Cl)cc21. The molecule has 5 nitrogen and oxygen atoms in total. The van der Waals surface area contributed by atoms with Crippen LogP contribution in [0.1, 0.15) is 18.4 Å². The van der Waals surface area contributed by atoms with E-state index in [2.05, 4.69) is 5.32 Å². The van der Waals surface area contributed by atoms with E-state index in [9.17, 15) is 13.2 Å². The number of likely N-dealkylation sites (N-methyl/N-ethyl adjacent to an activating group) is 1. The van der Waals surface area contributed by atoms with Gasteiger partial charge in [-0.15, -0.1) is 0 Å². The van der Waals surface area contributed by atoms with Crippen LogP contribution in [0.5, 0.6) is 5.75 Å². The Kier molecular flexibility index (Phi) is 3.49. The molecule has 2 rings (SSSR count). The molecule has 1 amide bonds. The summed E-state index contributed by atoms with van der Waals surface area (Å²) in [6.07, 6.45) is 0. The van der Waals surface area contributed by atoms with Gasteiger partial charge in [-0.3, -0.25) is 4.79 Å². The Balaban J connectivity index is 2.39. The van der Waals surface area contributed by atoms with Gasteiger partial charge in [-0.05, 0) is 25.1 Å². The Morgan fingerprint density at radius 3 is 2.89 bits per heavy atom. The van der Waals surface area contributed by atoms with Crippen molar-refractivity contribution in [2.24, 2.45) is 0 Å². The second-order valence-electron chi connectivity index (χ2n) is 3.90. The summed E-state index contributed by atoms with van der Waals surface area (Å²) >= 11 is 0. The average molecular weight is 290 g/mol. The number of fused-ring (bicyclic) bond motifs is 1. The summed E-state index contributed by atoms with van der Waals surface area (Å²) in [4.78, 5) is 11.8. The Labute approximate surface area is 110 Å². The van der Waals surface area contributed by atoms with Crippen molar-refractivity contribution in [3.8, 4) is 5.75 Å². The van der Waals surface area contributed by atoms with E-state index in [0.717, 1.165) is 0 Å². The van der Waals surface area contributed by atoms with Crippen molar-refractivity contribution in [2.45, 2.75) is 17.7 Å². The maximum Gasteiger partial charge on any atom is 0.261 e. The number of benzene rings is 1. The number of amides is 1. The van der Waals surface area contributed by atoms with Gasteiger partial charge in [-0.2, -0.15) is 0 Å². The van der Waals surface area contributed by atoms with Gasteiger partial charge < -0.3 is 10.1 Å². The summed E-state index contributed by atoms with van der Waals surface area (Å²) in [7, 11) is 1.48. The maximum absolute atomic E-state index is 11.8. The molecule has 1 N–H and O–H groups in total. The first-order valence-electron chi connectivity index (χ1n) is 5.42. The molecule has 0 aliphatic carbocycles. The fourth-order valence-electron chi connectivity index (χ4n) is 1.86. The second kappa shape index (κ2) is 4.78. The van der Waals surface area contributed by atoms with Crippen molar-refractivity contribution in [1.29, 1.82) is 0 Å². The van der Waals surface area contributed by atoms with Crippen LogP contribution in [-0.2, 0) is 13.8 Å². The van der Waals surface area contributed by atoms with E-state index in [1.54, 1.807) is 0 Å². The molecule has 1 aromatic rings. The minimum Gasteiger partial charge on any atom is -0.492 e. The van der Waals surface area contributed by atoms with E-state index in [-0.39, 0.29) is 17.4 Å². The van der Waals surface area contributed by atoms with Crippen LogP contribution in [0.15, 0.2) is 23.1 Å². The molecule has 1 atom stereocenters. The standard InChI is InChI=1S/C11H12ClNO4S/c1-2-13-11(14)9-6-17-10-4-3-7(5-8(9)10)18(12,15)16/h3-5,9H,2,6H2,1H3,(H,13,14). The van der Waals surface area contributed by atoms with E-state index in [1.807, 2.05) is 6.92 Å². The lowest BCUT2D eigenvalue weighted by Crippen LogP contribution is -2.29. The minimum absolute atomic E-state index is 0.0253. The number of nitrogens with one attached hydrogen (secondary N) is 1. The summed E-state index contributed by atoms with van der Waals surface area (Å²) in [5, 5.41) is 2.69. The highest BCUT2D eigenvalue weighted by Gasteiger charge is 2.31. The zero-order valence-corrected chi connectivity index (χ0v) is 11.2. The average Bonchev–Trinajstić information content (AvgIpc) is 2.70. The smallest absolute Gasteiger partial charge is 0.261 e. The van der Waals surface area contributed by atoms with Gasteiger partial charge >= 0.3 is 0 Å². The molecule has 1 heterocycles. The van der Waals surface area contributed by atoms with Crippen LogP contribution in [0.4, 0.5) is 0 Å². The van der Waals surface area contributed by atoms with E-state index < -0.39 is 15.0 Å². The topological polar surface area (TPSA) is 72.5 Å². The van der Waals surface area contributed by atoms with Gasteiger partial charge in [0.25, 0.3) is 9.05 Å². The number of hydrogen-bond acceptors (Lipinski definition) is 4. The monoisotopic (exact) mass is 289 g/mol. The second-order valence-corrected chi connectivity index (χ2v) is 6.46. The summed E-state index contributed by atoms with van der Waals surface area (Å²) in [6.45, 7) is 2.54. The highest BCUT2D eigenvalue weighted by Crippen LogP contribution is 2.36. The van der Waals surface area contributed by atoms with Gasteiger partial charge in [0.2, 0.25) is 5.91 Å². The number of carbonyl (C=O) groups excluding carboxylic acids is 1. The fourth-order valence-corrected chi connectivity index (χ4v) is 2.65. The van der Waals surface area contributed by atoms with Gasteiger partial charge in [0, 0.05) is 22.8 Å². The number of halogens is 1. The van der Waals surface area contributed by atoms with Gasteiger partial charge in [-0.25, -0.2) is 8.42 Å². The molecule has 0 radical (unpaired) electrons. The van der Waals surface area contributed by atoms with E-state index >= 15 is 0 Å². The zero-order chi connectivity index (χ0) is 13.3. The summed E-state index contributed by atoms with van der Waals surface area (Å²) in [6, 6.07) is 4.27. The quantitative estimate of drug-likeness (QED) is 0.850. The van der Waals surface area contributed by atoms with Crippen LogP contribution in [0.2, 0.25) is 0 Å². The molecule has 1 aromatic carbocycles. The van der Waals surface area contributed by atoms with Gasteiger partial charge in [0.15, 0.2) is 0 Å². The van der Waals surface area contributed by atoms with Gasteiger partial charge in [0.05, 0.1) is 4.90 Å². The highest BCUT2D eigenvalue weighted by atomic mass is 35.7. The molecule has 98 valence electrons. The van der Waals surface area contributed by atoms with E-state index in [0.29, 0.717) is 17.9 Å². The summed E-state index contributed by atoms with van der Waals surface area (Å²) < 4.78 is 27.9. The molecule has 0 saturated carbocycles. The maximum atomic E-state index is 11.8. The lowest BCUT2D eigenvalue weighted by molar-refractivity contribution is -0.122. The lowest BCUT2D eigenvalue weighted by Gasteiger charge is -2.08. The third-order valence-corrected chi connectivity index (χ3v) is 4.06.